The van der Waals surface area contributed by atoms with Crippen molar-refractivity contribution < 1.29 is 9.53 Å². The maximum atomic E-state index is 12.2. The Balaban J connectivity index is 1.92. The van der Waals surface area contributed by atoms with Gasteiger partial charge < -0.3 is 10.1 Å². The molecule has 2 heterocycles. The molecule has 0 unspecified atom stereocenters. The fraction of sp³-hybridized carbons (Fsp3) is 0.312. The highest BCUT2D eigenvalue weighted by molar-refractivity contribution is 7.17. The van der Waals surface area contributed by atoms with Gasteiger partial charge in [0, 0.05) is 22.0 Å². The molecular weight excluding hydrogens is 270 g/mol. The molecule has 20 heavy (non-hydrogen) atoms. The summed E-state index contributed by atoms with van der Waals surface area (Å²) in [6.45, 7) is 4.62. The van der Waals surface area contributed by atoms with E-state index in [0.29, 0.717) is 6.61 Å². The lowest BCUT2D eigenvalue weighted by molar-refractivity contribution is 0.0943. The number of hydrogen-bond acceptors (Lipinski definition) is 3. The SMILES string of the molecule is CC[C@H](C)NC(=O)c1cc2c(s1)-c1ccccc1OC2. The van der Waals surface area contributed by atoms with Crippen molar-refractivity contribution in [1.82, 2.24) is 5.32 Å². The first kappa shape index (κ1) is 13.2. The molecule has 3 rings (SSSR count). The first-order valence-corrected chi connectivity index (χ1v) is 7.66. The van der Waals surface area contributed by atoms with Gasteiger partial charge in [0.05, 0.1) is 4.88 Å². The first-order valence-electron chi connectivity index (χ1n) is 6.84. The molecule has 1 aliphatic heterocycles. The van der Waals surface area contributed by atoms with Crippen LogP contribution in [0.4, 0.5) is 0 Å². The van der Waals surface area contributed by atoms with Crippen LogP contribution < -0.4 is 10.1 Å². The largest absolute Gasteiger partial charge is 0.488 e. The summed E-state index contributed by atoms with van der Waals surface area (Å²) in [7, 11) is 0. The lowest BCUT2D eigenvalue weighted by Crippen LogP contribution is -2.31. The molecule has 3 nitrogen and oxygen atoms in total. The van der Waals surface area contributed by atoms with Crippen LogP contribution in [0.5, 0.6) is 5.75 Å². The van der Waals surface area contributed by atoms with Crippen molar-refractivity contribution in [3.63, 3.8) is 0 Å². The molecular formula is C16H17NO2S. The Hall–Kier alpha value is -1.81. The maximum absolute atomic E-state index is 12.2. The number of carbonyl (C=O) groups is 1. The van der Waals surface area contributed by atoms with Crippen LogP contribution in [-0.4, -0.2) is 11.9 Å². The van der Waals surface area contributed by atoms with Gasteiger partial charge in [-0.15, -0.1) is 11.3 Å². The van der Waals surface area contributed by atoms with E-state index in [0.717, 1.165) is 33.1 Å². The van der Waals surface area contributed by atoms with Gasteiger partial charge in [-0.2, -0.15) is 0 Å². The van der Waals surface area contributed by atoms with Crippen LogP contribution in [0.1, 0.15) is 35.5 Å². The van der Waals surface area contributed by atoms with Crippen LogP contribution in [0, 0.1) is 0 Å². The van der Waals surface area contributed by atoms with Crippen molar-refractivity contribution in [2.24, 2.45) is 0 Å². The Labute approximate surface area is 122 Å². The highest BCUT2D eigenvalue weighted by Crippen LogP contribution is 2.42. The fourth-order valence-electron chi connectivity index (χ4n) is 2.21. The van der Waals surface area contributed by atoms with E-state index >= 15 is 0 Å². The van der Waals surface area contributed by atoms with E-state index in [1.165, 1.54) is 0 Å². The van der Waals surface area contributed by atoms with Crippen LogP contribution in [0.15, 0.2) is 30.3 Å². The summed E-state index contributed by atoms with van der Waals surface area (Å²) in [6, 6.07) is 10.1. The van der Waals surface area contributed by atoms with Gasteiger partial charge in [-0.05, 0) is 31.5 Å². The number of rotatable bonds is 3. The molecule has 1 aromatic carbocycles. The van der Waals surface area contributed by atoms with Crippen LogP contribution in [0.3, 0.4) is 0 Å². The van der Waals surface area contributed by atoms with Crippen LogP contribution >= 0.6 is 11.3 Å². The summed E-state index contributed by atoms with van der Waals surface area (Å²) in [5.74, 6) is 0.909. The Morgan fingerprint density at radius 1 is 1.45 bits per heavy atom. The molecule has 0 saturated heterocycles. The van der Waals surface area contributed by atoms with Crippen molar-refractivity contribution >= 4 is 17.2 Å². The van der Waals surface area contributed by atoms with E-state index < -0.39 is 0 Å². The summed E-state index contributed by atoms with van der Waals surface area (Å²) in [5.41, 5.74) is 2.18. The Morgan fingerprint density at radius 3 is 3.05 bits per heavy atom. The molecule has 0 spiro atoms. The van der Waals surface area contributed by atoms with Gasteiger partial charge in [0.1, 0.15) is 12.4 Å². The predicted molar refractivity (Wildman–Crippen MR) is 81.3 cm³/mol. The lowest BCUT2D eigenvalue weighted by Gasteiger charge is -2.16. The number of nitrogens with one attached hydrogen (secondary N) is 1. The Morgan fingerprint density at radius 2 is 2.25 bits per heavy atom. The van der Waals surface area contributed by atoms with Crippen molar-refractivity contribution in [3.8, 4) is 16.2 Å². The van der Waals surface area contributed by atoms with Gasteiger partial charge in [-0.3, -0.25) is 4.79 Å². The molecule has 1 aromatic heterocycles. The molecule has 4 heteroatoms. The molecule has 1 aliphatic rings. The molecule has 104 valence electrons. The zero-order valence-corrected chi connectivity index (χ0v) is 12.4. The molecule has 1 N–H and O–H groups in total. The van der Waals surface area contributed by atoms with Gasteiger partial charge >= 0.3 is 0 Å². The minimum atomic E-state index is 0.0104. The third-order valence-corrected chi connectivity index (χ3v) is 4.75. The van der Waals surface area contributed by atoms with Crippen LogP contribution in [0.25, 0.3) is 10.4 Å². The number of thiophene rings is 1. The Kier molecular flexibility index (Phi) is 3.49. The van der Waals surface area contributed by atoms with Crippen molar-refractivity contribution in [3.05, 3.63) is 40.8 Å². The third-order valence-electron chi connectivity index (χ3n) is 3.54. The van der Waals surface area contributed by atoms with Crippen LogP contribution in [0.2, 0.25) is 0 Å². The minimum Gasteiger partial charge on any atom is -0.488 e. The van der Waals surface area contributed by atoms with E-state index in [4.69, 9.17) is 4.74 Å². The van der Waals surface area contributed by atoms with E-state index in [2.05, 4.69) is 12.2 Å². The number of ether oxygens (including phenoxy) is 1. The number of fused-ring (bicyclic) bond motifs is 3. The Bertz CT molecular complexity index is 648. The van der Waals surface area contributed by atoms with Crippen molar-refractivity contribution in [1.29, 1.82) is 0 Å². The molecule has 0 radical (unpaired) electrons. The van der Waals surface area contributed by atoms with E-state index in [9.17, 15) is 4.79 Å². The standard InChI is InChI=1S/C16H17NO2S/c1-3-10(2)17-16(18)14-8-11-9-19-13-7-5-4-6-12(13)15(11)20-14/h4-8,10H,3,9H2,1-2H3,(H,17,18)/t10-/m0/s1. The van der Waals surface area contributed by atoms with Gasteiger partial charge in [-0.1, -0.05) is 19.1 Å². The van der Waals surface area contributed by atoms with E-state index in [-0.39, 0.29) is 11.9 Å². The van der Waals surface area contributed by atoms with Crippen molar-refractivity contribution in [2.45, 2.75) is 32.9 Å². The number of para-hydroxylation sites is 1. The van der Waals surface area contributed by atoms with Gasteiger partial charge in [0.25, 0.3) is 5.91 Å². The number of carbonyl (C=O) groups excluding carboxylic acids is 1. The minimum absolute atomic E-state index is 0.0104. The van der Waals surface area contributed by atoms with Gasteiger partial charge in [0.2, 0.25) is 0 Å². The summed E-state index contributed by atoms with van der Waals surface area (Å²) >= 11 is 1.55. The second-order valence-electron chi connectivity index (χ2n) is 5.03. The van der Waals surface area contributed by atoms with Crippen molar-refractivity contribution in [2.75, 3.05) is 0 Å². The summed E-state index contributed by atoms with van der Waals surface area (Å²) in [4.78, 5) is 14.1. The zero-order chi connectivity index (χ0) is 14.1. The topological polar surface area (TPSA) is 38.3 Å². The smallest absolute Gasteiger partial charge is 0.261 e. The highest BCUT2D eigenvalue weighted by atomic mass is 32.1. The molecule has 0 fully saturated rings. The molecule has 1 atom stereocenters. The highest BCUT2D eigenvalue weighted by Gasteiger charge is 2.22. The average Bonchev–Trinajstić information content (AvgIpc) is 2.91. The zero-order valence-electron chi connectivity index (χ0n) is 11.6. The number of amides is 1. The molecule has 2 aromatic rings. The molecule has 1 amide bonds. The van der Waals surface area contributed by atoms with E-state index in [1.54, 1.807) is 11.3 Å². The first-order chi connectivity index (χ1) is 9.69. The van der Waals surface area contributed by atoms with Gasteiger partial charge in [0.15, 0.2) is 0 Å². The number of benzene rings is 1. The second-order valence-corrected chi connectivity index (χ2v) is 6.08. The van der Waals surface area contributed by atoms with E-state index in [1.807, 2.05) is 37.3 Å². The summed E-state index contributed by atoms with van der Waals surface area (Å²) in [6.07, 6.45) is 0.933. The average molecular weight is 287 g/mol. The third kappa shape index (κ3) is 2.31. The van der Waals surface area contributed by atoms with Gasteiger partial charge in [-0.25, -0.2) is 0 Å². The maximum Gasteiger partial charge on any atom is 0.261 e. The monoisotopic (exact) mass is 287 g/mol. The molecule has 0 aliphatic carbocycles. The predicted octanol–water partition coefficient (Wildman–Crippen LogP) is 3.84. The summed E-state index contributed by atoms with van der Waals surface area (Å²) in [5, 5.41) is 3.01. The molecule has 0 saturated carbocycles. The molecule has 0 bridgehead atoms. The quantitative estimate of drug-likeness (QED) is 0.931. The van der Waals surface area contributed by atoms with Crippen LogP contribution in [-0.2, 0) is 6.61 Å². The normalized spacial score (nSPS) is 13.9. The fourth-order valence-corrected chi connectivity index (χ4v) is 3.31. The second kappa shape index (κ2) is 5.29. The summed E-state index contributed by atoms with van der Waals surface area (Å²) < 4.78 is 5.72. The number of hydrogen-bond donors (Lipinski definition) is 1. The lowest BCUT2D eigenvalue weighted by atomic mass is 10.1.